The average Bonchev–Trinajstić information content (AvgIpc) is 2.53. The van der Waals surface area contributed by atoms with Gasteiger partial charge < -0.3 is 19.3 Å². The molecule has 0 aliphatic rings. The van der Waals surface area contributed by atoms with Crippen molar-refractivity contribution >= 4 is 11.9 Å². The van der Waals surface area contributed by atoms with E-state index >= 15 is 0 Å². The van der Waals surface area contributed by atoms with Crippen LogP contribution in [-0.2, 0) is 14.3 Å². The summed E-state index contributed by atoms with van der Waals surface area (Å²) in [5, 5.41) is 10.1. The van der Waals surface area contributed by atoms with E-state index in [1.165, 1.54) is 12.1 Å². The van der Waals surface area contributed by atoms with Crippen LogP contribution in [0.3, 0.4) is 0 Å². The molecule has 0 heterocycles. The standard InChI is InChI=1S/C20H30O6/c1-7-24-17(22)14-9-10-16(15(21)11-14)26-13-19(3,4)12-20(5,6)18(23)25-8-2/h9-11,21H,7-8,12-13H2,1-6H3. The maximum Gasteiger partial charge on any atom is 0.338 e. The smallest absolute Gasteiger partial charge is 0.338 e. The Balaban J connectivity index is 2.75. The van der Waals surface area contributed by atoms with Crippen molar-refractivity contribution in [2.24, 2.45) is 10.8 Å². The van der Waals surface area contributed by atoms with Crippen molar-refractivity contribution < 1.29 is 28.9 Å². The van der Waals surface area contributed by atoms with Crippen molar-refractivity contribution in [2.75, 3.05) is 19.8 Å². The van der Waals surface area contributed by atoms with Gasteiger partial charge in [0.05, 0.1) is 30.8 Å². The van der Waals surface area contributed by atoms with Crippen molar-refractivity contribution in [1.82, 2.24) is 0 Å². The molecule has 0 aliphatic carbocycles. The summed E-state index contributed by atoms with van der Waals surface area (Å²) in [4.78, 5) is 23.8. The van der Waals surface area contributed by atoms with Crippen LogP contribution in [0.1, 0.15) is 58.3 Å². The van der Waals surface area contributed by atoms with Gasteiger partial charge in [0, 0.05) is 0 Å². The van der Waals surface area contributed by atoms with Crippen LogP contribution in [0.5, 0.6) is 11.5 Å². The fraction of sp³-hybridized carbons (Fsp3) is 0.600. The van der Waals surface area contributed by atoms with Crippen molar-refractivity contribution in [3.05, 3.63) is 23.8 Å². The van der Waals surface area contributed by atoms with Gasteiger partial charge in [-0.1, -0.05) is 13.8 Å². The number of phenolic OH excluding ortho intramolecular Hbond substituents is 1. The molecule has 0 aliphatic heterocycles. The van der Waals surface area contributed by atoms with Gasteiger partial charge in [0.15, 0.2) is 11.5 Å². The molecule has 1 rings (SSSR count). The van der Waals surface area contributed by atoms with Gasteiger partial charge in [-0.3, -0.25) is 4.79 Å². The molecule has 0 aromatic heterocycles. The lowest BCUT2D eigenvalue weighted by molar-refractivity contribution is -0.155. The molecule has 6 nitrogen and oxygen atoms in total. The van der Waals surface area contributed by atoms with E-state index in [0.717, 1.165) is 0 Å². The molecule has 6 heteroatoms. The van der Waals surface area contributed by atoms with Crippen LogP contribution in [0.4, 0.5) is 0 Å². The number of carbonyl (C=O) groups is 2. The molecular formula is C20H30O6. The first-order valence-corrected chi connectivity index (χ1v) is 8.82. The fourth-order valence-corrected chi connectivity index (χ4v) is 2.90. The number of ether oxygens (including phenoxy) is 3. The van der Waals surface area contributed by atoms with Crippen LogP contribution in [-0.4, -0.2) is 36.9 Å². The highest BCUT2D eigenvalue weighted by atomic mass is 16.5. The number of hydrogen-bond donors (Lipinski definition) is 1. The molecule has 1 aromatic rings. The van der Waals surface area contributed by atoms with Crippen molar-refractivity contribution in [1.29, 1.82) is 0 Å². The minimum Gasteiger partial charge on any atom is -0.504 e. The third kappa shape index (κ3) is 6.24. The molecule has 146 valence electrons. The summed E-state index contributed by atoms with van der Waals surface area (Å²) in [6.07, 6.45) is 0.556. The van der Waals surface area contributed by atoms with Crippen LogP contribution in [0.15, 0.2) is 18.2 Å². The Morgan fingerprint density at radius 3 is 2.19 bits per heavy atom. The highest BCUT2D eigenvalue weighted by Crippen LogP contribution is 2.36. The predicted octanol–water partition coefficient (Wildman–Crippen LogP) is 3.95. The first-order chi connectivity index (χ1) is 12.0. The normalized spacial score (nSPS) is 11.8. The van der Waals surface area contributed by atoms with E-state index in [1.807, 2.05) is 27.7 Å². The SMILES string of the molecule is CCOC(=O)c1ccc(OCC(C)(C)CC(C)(C)C(=O)OCC)c(O)c1. The molecule has 0 radical (unpaired) electrons. The van der Waals surface area contributed by atoms with E-state index < -0.39 is 11.4 Å². The quantitative estimate of drug-likeness (QED) is 0.666. The topological polar surface area (TPSA) is 82.1 Å². The van der Waals surface area contributed by atoms with Crippen LogP contribution in [0.25, 0.3) is 0 Å². The zero-order valence-corrected chi connectivity index (χ0v) is 16.5. The van der Waals surface area contributed by atoms with E-state index in [2.05, 4.69) is 0 Å². The second kappa shape index (κ2) is 8.92. The molecule has 0 unspecified atom stereocenters. The summed E-state index contributed by atoms with van der Waals surface area (Å²) in [5.74, 6) is -0.586. The van der Waals surface area contributed by atoms with Gasteiger partial charge in [-0.2, -0.15) is 0 Å². The van der Waals surface area contributed by atoms with Gasteiger partial charge in [0.1, 0.15) is 0 Å². The summed E-state index contributed by atoms with van der Waals surface area (Å²) in [6.45, 7) is 12.1. The molecule has 26 heavy (non-hydrogen) atoms. The second-order valence-corrected chi connectivity index (χ2v) is 7.64. The largest absolute Gasteiger partial charge is 0.504 e. The molecular weight excluding hydrogens is 336 g/mol. The van der Waals surface area contributed by atoms with Crippen molar-refractivity contribution in [3.63, 3.8) is 0 Å². The predicted molar refractivity (Wildman–Crippen MR) is 98.4 cm³/mol. The van der Waals surface area contributed by atoms with Crippen LogP contribution >= 0.6 is 0 Å². The molecule has 0 amide bonds. The number of benzene rings is 1. The molecule has 0 saturated carbocycles. The third-order valence-corrected chi connectivity index (χ3v) is 3.84. The van der Waals surface area contributed by atoms with Gasteiger partial charge >= 0.3 is 11.9 Å². The van der Waals surface area contributed by atoms with Gasteiger partial charge in [-0.05, 0) is 57.7 Å². The number of rotatable bonds is 9. The van der Waals surface area contributed by atoms with Crippen LogP contribution < -0.4 is 4.74 Å². The molecule has 0 saturated heterocycles. The zero-order chi connectivity index (χ0) is 20.0. The Morgan fingerprint density at radius 2 is 1.65 bits per heavy atom. The Hall–Kier alpha value is -2.24. The number of esters is 2. The Bertz CT molecular complexity index is 633. The van der Waals surface area contributed by atoms with E-state index in [9.17, 15) is 14.7 Å². The Morgan fingerprint density at radius 1 is 1.04 bits per heavy atom. The molecule has 0 atom stereocenters. The van der Waals surface area contributed by atoms with E-state index in [0.29, 0.717) is 19.6 Å². The summed E-state index contributed by atoms with van der Waals surface area (Å²) >= 11 is 0. The maximum atomic E-state index is 12.1. The van der Waals surface area contributed by atoms with Crippen molar-refractivity contribution in [2.45, 2.75) is 48.0 Å². The maximum absolute atomic E-state index is 12.1. The number of hydrogen-bond acceptors (Lipinski definition) is 6. The minimum atomic E-state index is -0.640. The lowest BCUT2D eigenvalue weighted by Crippen LogP contribution is -2.35. The molecule has 0 bridgehead atoms. The highest BCUT2D eigenvalue weighted by molar-refractivity contribution is 5.90. The number of phenols is 1. The van der Waals surface area contributed by atoms with E-state index in [-0.39, 0.29) is 35.1 Å². The monoisotopic (exact) mass is 366 g/mol. The van der Waals surface area contributed by atoms with Gasteiger partial charge in [0.25, 0.3) is 0 Å². The zero-order valence-electron chi connectivity index (χ0n) is 16.5. The van der Waals surface area contributed by atoms with Crippen molar-refractivity contribution in [3.8, 4) is 11.5 Å². The van der Waals surface area contributed by atoms with Crippen LogP contribution in [0, 0.1) is 10.8 Å². The fourth-order valence-electron chi connectivity index (χ4n) is 2.90. The number of carbonyl (C=O) groups excluding carboxylic acids is 2. The number of aromatic hydroxyl groups is 1. The first-order valence-electron chi connectivity index (χ1n) is 8.82. The summed E-state index contributed by atoms with van der Waals surface area (Å²) in [5.41, 5.74) is -0.708. The molecule has 1 N–H and O–H groups in total. The summed E-state index contributed by atoms with van der Waals surface area (Å²) < 4.78 is 15.8. The van der Waals surface area contributed by atoms with Crippen LogP contribution in [0.2, 0.25) is 0 Å². The lowest BCUT2D eigenvalue weighted by Gasteiger charge is -2.33. The summed E-state index contributed by atoms with van der Waals surface area (Å²) in [6, 6.07) is 4.40. The third-order valence-electron chi connectivity index (χ3n) is 3.84. The van der Waals surface area contributed by atoms with E-state index in [4.69, 9.17) is 14.2 Å². The van der Waals surface area contributed by atoms with Gasteiger partial charge in [-0.25, -0.2) is 4.79 Å². The van der Waals surface area contributed by atoms with E-state index in [1.54, 1.807) is 19.9 Å². The van der Waals surface area contributed by atoms with Gasteiger partial charge in [0.2, 0.25) is 0 Å². The molecule has 0 fully saturated rings. The minimum absolute atomic E-state index is 0.129. The lowest BCUT2D eigenvalue weighted by atomic mass is 9.75. The Labute approximate surface area is 155 Å². The molecule has 1 aromatic carbocycles. The highest BCUT2D eigenvalue weighted by Gasteiger charge is 2.36. The first kappa shape index (κ1) is 21.8. The second-order valence-electron chi connectivity index (χ2n) is 7.64. The molecule has 0 spiro atoms. The summed E-state index contributed by atoms with van der Waals surface area (Å²) in [7, 11) is 0. The average molecular weight is 366 g/mol. The Kier molecular flexibility index (Phi) is 7.48. The van der Waals surface area contributed by atoms with Gasteiger partial charge in [-0.15, -0.1) is 0 Å².